The highest BCUT2D eigenvalue weighted by molar-refractivity contribution is 5.41. The van der Waals surface area contributed by atoms with Gasteiger partial charge in [0.05, 0.1) is 18.2 Å². The molecule has 2 aromatic rings. The van der Waals surface area contributed by atoms with Crippen LogP contribution in [-0.4, -0.2) is 13.4 Å². The number of rotatable bonds is 7. The highest BCUT2D eigenvalue weighted by Gasteiger charge is 2.05. The molecule has 0 heterocycles. The van der Waals surface area contributed by atoms with Crippen molar-refractivity contribution in [1.29, 1.82) is 10.7 Å². The van der Waals surface area contributed by atoms with Gasteiger partial charge in [0.2, 0.25) is 0 Å². The lowest BCUT2D eigenvalue weighted by Crippen LogP contribution is -1.98. The molecule has 0 spiro atoms. The summed E-state index contributed by atoms with van der Waals surface area (Å²) in [6.07, 6.45) is 4.19. The Bertz CT molecular complexity index is 785. The van der Waals surface area contributed by atoms with Gasteiger partial charge in [-0.15, -0.1) is 0 Å². The van der Waals surface area contributed by atoms with Crippen molar-refractivity contribution in [1.82, 2.24) is 0 Å². The minimum atomic E-state index is 0.606. The Kier molecular flexibility index (Phi) is 13.8. The molecule has 0 radical (unpaired) electrons. The molecule has 0 aliphatic heterocycles. The van der Waals surface area contributed by atoms with Crippen LogP contribution in [-0.2, 0) is 32.2 Å². The topological polar surface area (TPSA) is 60.0 Å². The van der Waals surface area contributed by atoms with E-state index >= 15 is 0 Å². The van der Waals surface area contributed by atoms with E-state index in [-0.39, 0.29) is 0 Å². The normalized spacial score (nSPS) is 9.55. The fourth-order valence-corrected chi connectivity index (χ4v) is 3.31. The van der Waals surface area contributed by atoms with Gasteiger partial charge < -0.3 is 5.41 Å². The van der Waals surface area contributed by atoms with E-state index in [0.717, 1.165) is 37.8 Å². The highest BCUT2D eigenvalue weighted by Crippen LogP contribution is 2.17. The molecule has 0 unspecified atom stereocenters. The van der Waals surface area contributed by atoms with Crippen LogP contribution < -0.4 is 0 Å². The van der Waals surface area contributed by atoms with Crippen LogP contribution >= 0.6 is 0 Å². The maximum Gasteiger partial charge on any atom is 0.0994 e. The molecule has 0 aromatic heterocycles. The molecular formula is C26H37N3. The molecule has 29 heavy (non-hydrogen) atoms. The lowest BCUT2D eigenvalue weighted by atomic mass is 9.96. The van der Waals surface area contributed by atoms with Crippen molar-refractivity contribution in [3.05, 3.63) is 69.8 Å². The summed E-state index contributed by atoms with van der Waals surface area (Å²) in [6, 6.07) is 15.0. The molecule has 0 aliphatic rings. The van der Waals surface area contributed by atoms with Crippen LogP contribution in [0.15, 0.2) is 41.4 Å². The first-order valence-corrected chi connectivity index (χ1v) is 10.4. The molecule has 0 aliphatic carbocycles. The zero-order valence-corrected chi connectivity index (χ0v) is 18.9. The number of nitrogens with zero attached hydrogens (tertiary/aromatic N) is 2. The largest absolute Gasteiger partial charge is 0.317 e. The van der Waals surface area contributed by atoms with Gasteiger partial charge in [0.15, 0.2) is 0 Å². The van der Waals surface area contributed by atoms with Gasteiger partial charge in [0.1, 0.15) is 0 Å². The van der Waals surface area contributed by atoms with E-state index in [9.17, 15) is 0 Å². The molecule has 0 saturated carbocycles. The number of nitrogens with one attached hydrogen (secondary N) is 1. The van der Waals surface area contributed by atoms with Gasteiger partial charge in [-0.25, -0.2) is 0 Å². The van der Waals surface area contributed by atoms with Crippen LogP contribution in [0.25, 0.3) is 0 Å². The predicted molar refractivity (Wildman–Crippen MR) is 127 cm³/mol. The second kappa shape index (κ2) is 15.2. The molecule has 0 fully saturated rings. The summed E-state index contributed by atoms with van der Waals surface area (Å²) in [5.74, 6) is 0.606. The van der Waals surface area contributed by atoms with Crippen LogP contribution in [0.3, 0.4) is 0 Å². The quantitative estimate of drug-likeness (QED) is 0.531. The Balaban J connectivity index is 0.000000499. The summed E-state index contributed by atoms with van der Waals surface area (Å²) >= 11 is 0. The Morgan fingerprint density at radius 1 is 0.966 bits per heavy atom. The molecule has 0 saturated heterocycles. The number of hydrogen-bond donors (Lipinski definition) is 1. The van der Waals surface area contributed by atoms with E-state index in [1.54, 1.807) is 0 Å². The summed E-state index contributed by atoms with van der Waals surface area (Å²) in [5, 5.41) is 14.5. The standard InChI is InChI=1S/C13H17N.C12H17N.CH3N/c1-4-11-5-6-12(7-10(2)3)13(8-11)9-14;1-4-10-7-6-8-11(9-13-3)12(10)5-2;1-2/h5-6,8,10H,4,7H2,1-3H3;6-8H,3-5,9H2,1-2H3;2H,1H2. The van der Waals surface area contributed by atoms with E-state index in [1.807, 2.05) is 6.07 Å². The molecule has 3 nitrogen and oxygen atoms in total. The Morgan fingerprint density at radius 2 is 1.62 bits per heavy atom. The predicted octanol–water partition coefficient (Wildman–Crippen LogP) is 6.60. The maximum absolute atomic E-state index is 9.00. The number of hydrogen-bond acceptors (Lipinski definition) is 3. The third kappa shape index (κ3) is 8.87. The Labute approximate surface area is 178 Å². The Hall–Kier alpha value is -2.73. The lowest BCUT2D eigenvalue weighted by molar-refractivity contribution is 0.646. The molecule has 3 heteroatoms. The second-order valence-corrected chi connectivity index (χ2v) is 7.20. The maximum atomic E-state index is 9.00. The van der Waals surface area contributed by atoms with Crippen molar-refractivity contribution in [2.45, 2.75) is 66.8 Å². The molecule has 0 amide bonds. The van der Waals surface area contributed by atoms with Crippen molar-refractivity contribution in [2.75, 3.05) is 0 Å². The van der Waals surface area contributed by atoms with Gasteiger partial charge >= 0.3 is 0 Å². The summed E-state index contributed by atoms with van der Waals surface area (Å²) in [7, 11) is 0. The van der Waals surface area contributed by atoms with Gasteiger partial charge in [-0.2, -0.15) is 5.26 Å². The highest BCUT2D eigenvalue weighted by atomic mass is 14.7. The summed E-state index contributed by atoms with van der Waals surface area (Å²) in [4.78, 5) is 3.94. The molecule has 0 bridgehead atoms. The second-order valence-electron chi connectivity index (χ2n) is 7.20. The van der Waals surface area contributed by atoms with Crippen molar-refractivity contribution in [2.24, 2.45) is 10.9 Å². The fourth-order valence-electron chi connectivity index (χ4n) is 3.31. The van der Waals surface area contributed by atoms with Crippen LogP contribution in [0, 0.1) is 22.7 Å². The van der Waals surface area contributed by atoms with Crippen LogP contribution in [0.1, 0.15) is 68.0 Å². The average molecular weight is 392 g/mol. The first kappa shape index (κ1) is 26.3. The molecule has 156 valence electrons. The van der Waals surface area contributed by atoms with Gasteiger partial charge in [-0.3, -0.25) is 4.99 Å². The smallest absolute Gasteiger partial charge is 0.0994 e. The van der Waals surface area contributed by atoms with Crippen molar-refractivity contribution in [3.63, 3.8) is 0 Å². The van der Waals surface area contributed by atoms with E-state index in [2.05, 4.69) is 89.4 Å². The number of aryl methyl sites for hydroxylation is 2. The molecule has 2 rings (SSSR count). The first-order valence-electron chi connectivity index (χ1n) is 10.4. The summed E-state index contributed by atoms with van der Waals surface area (Å²) < 4.78 is 0. The fraction of sp³-hybridized carbons (Fsp3) is 0.423. The molecule has 0 atom stereocenters. The first-order chi connectivity index (χ1) is 14.0. The molecular weight excluding hydrogens is 354 g/mol. The zero-order chi connectivity index (χ0) is 22.2. The number of aliphatic imine (C=N–C) groups is 1. The van der Waals surface area contributed by atoms with Gasteiger partial charge in [0, 0.05) is 0 Å². The minimum Gasteiger partial charge on any atom is -0.317 e. The van der Waals surface area contributed by atoms with Gasteiger partial charge in [-0.1, -0.05) is 65.0 Å². The third-order valence-corrected chi connectivity index (χ3v) is 4.72. The van der Waals surface area contributed by atoms with Gasteiger partial charge in [0.25, 0.3) is 0 Å². The SMILES string of the molecule is C=N.C=NCc1cccc(CC)c1CC.CCc1ccc(CC(C)C)c(C#N)c1. The monoisotopic (exact) mass is 391 g/mol. The summed E-state index contributed by atoms with van der Waals surface area (Å²) in [6.45, 7) is 17.6. The zero-order valence-electron chi connectivity index (χ0n) is 18.9. The van der Waals surface area contributed by atoms with E-state index < -0.39 is 0 Å². The van der Waals surface area contributed by atoms with Gasteiger partial charge in [-0.05, 0) is 78.9 Å². The van der Waals surface area contributed by atoms with Crippen molar-refractivity contribution >= 4 is 13.4 Å². The average Bonchev–Trinajstić information content (AvgIpc) is 2.75. The molecule has 2 aromatic carbocycles. The van der Waals surface area contributed by atoms with Crippen molar-refractivity contribution in [3.8, 4) is 6.07 Å². The lowest BCUT2D eigenvalue weighted by Gasteiger charge is -2.10. The minimum absolute atomic E-state index is 0.606. The number of benzene rings is 2. The van der Waals surface area contributed by atoms with E-state index in [1.165, 1.54) is 27.8 Å². The van der Waals surface area contributed by atoms with E-state index in [4.69, 9.17) is 10.7 Å². The van der Waals surface area contributed by atoms with Crippen molar-refractivity contribution < 1.29 is 0 Å². The number of nitriles is 1. The van der Waals surface area contributed by atoms with Crippen LogP contribution in [0.2, 0.25) is 0 Å². The van der Waals surface area contributed by atoms with Crippen LogP contribution in [0.5, 0.6) is 0 Å². The van der Waals surface area contributed by atoms with E-state index in [0.29, 0.717) is 5.92 Å². The Morgan fingerprint density at radius 3 is 2.10 bits per heavy atom. The van der Waals surface area contributed by atoms with Crippen LogP contribution in [0.4, 0.5) is 0 Å². The molecule has 1 N–H and O–H groups in total. The summed E-state index contributed by atoms with van der Waals surface area (Å²) in [5.41, 5.74) is 7.50. The third-order valence-electron chi connectivity index (χ3n) is 4.72.